The van der Waals surface area contributed by atoms with Crippen molar-refractivity contribution in [1.29, 1.82) is 0 Å². The molecule has 2 N–H and O–H groups in total. The Hall–Kier alpha value is -0.570. The second kappa shape index (κ2) is 4.97. The fraction of sp³-hybridized carbons (Fsp3) is 0.929. The minimum absolute atomic E-state index is 0.188. The molecular formula is C14H26N2O. The van der Waals surface area contributed by atoms with E-state index < -0.39 is 0 Å². The summed E-state index contributed by atoms with van der Waals surface area (Å²) in [6.07, 6.45) is 7.08. The van der Waals surface area contributed by atoms with Gasteiger partial charge in [-0.3, -0.25) is 4.79 Å². The van der Waals surface area contributed by atoms with Crippen LogP contribution in [0.1, 0.15) is 52.4 Å². The van der Waals surface area contributed by atoms with Crippen molar-refractivity contribution >= 4 is 5.91 Å². The zero-order valence-corrected chi connectivity index (χ0v) is 11.2. The fourth-order valence-electron chi connectivity index (χ4n) is 3.29. The van der Waals surface area contributed by atoms with Gasteiger partial charge in [0.1, 0.15) is 0 Å². The molecule has 2 saturated carbocycles. The predicted octanol–water partition coefficient (Wildman–Crippen LogP) is 2.15. The van der Waals surface area contributed by atoms with Crippen LogP contribution in [0.5, 0.6) is 0 Å². The minimum Gasteiger partial charge on any atom is -0.338 e. The first kappa shape index (κ1) is 12.9. The average Bonchev–Trinajstić information content (AvgIpc) is 2.54. The number of carbonyl (C=O) groups is 1. The highest BCUT2D eigenvalue weighted by molar-refractivity contribution is 5.80. The highest BCUT2D eigenvalue weighted by atomic mass is 16.2. The second-order valence-corrected chi connectivity index (χ2v) is 6.34. The maximum absolute atomic E-state index is 12.7. The van der Waals surface area contributed by atoms with Crippen molar-refractivity contribution in [3.05, 3.63) is 0 Å². The number of amides is 1. The van der Waals surface area contributed by atoms with Crippen LogP contribution >= 0.6 is 0 Å². The largest absolute Gasteiger partial charge is 0.338 e. The normalized spacial score (nSPS) is 27.8. The molecule has 3 heteroatoms. The molecule has 98 valence electrons. The SMILES string of the molecule is CC1(C)CCCC1C(=O)N(CCN)C1CCC1. The Labute approximate surface area is 105 Å². The second-order valence-electron chi connectivity index (χ2n) is 6.34. The van der Waals surface area contributed by atoms with Crippen molar-refractivity contribution in [2.75, 3.05) is 13.1 Å². The smallest absolute Gasteiger partial charge is 0.226 e. The van der Waals surface area contributed by atoms with Crippen LogP contribution in [-0.2, 0) is 4.79 Å². The van der Waals surface area contributed by atoms with E-state index in [0.717, 1.165) is 13.0 Å². The topological polar surface area (TPSA) is 46.3 Å². The summed E-state index contributed by atoms with van der Waals surface area (Å²) in [4.78, 5) is 14.7. The minimum atomic E-state index is 0.188. The Morgan fingerprint density at radius 3 is 2.41 bits per heavy atom. The molecule has 2 fully saturated rings. The predicted molar refractivity (Wildman–Crippen MR) is 69.5 cm³/mol. The van der Waals surface area contributed by atoms with Crippen molar-refractivity contribution in [2.24, 2.45) is 17.1 Å². The van der Waals surface area contributed by atoms with E-state index in [1.807, 2.05) is 0 Å². The standard InChI is InChI=1S/C14H26N2O/c1-14(2)8-4-7-12(14)13(17)16(10-9-15)11-5-3-6-11/h11-12H,3-10,15H2,1-2H3. The van der Waals surface area contributed by atoms with Crippen LogP contribution in [0.15, 0.2) is 0 Å². The molecule has 0 radical (unpaired) electrons. The van der Waals surface area contributed by atoms with Crippen molar-refractivity contribution in [2.45, 2.75) is 58.4 Å². The molecule has 1 unspecified atom stereocenters. The summed E-state index contributed by atoms with van der Waals surface area (Å²) < 4.78 is 0. The van der Waals surface area contributed by atoms with Gasteiger partial charge in [0.25, 0.3) is 0 Å². The van der Waals surface area contributed by atoms with E-state index in [9.17, 15) is 4.79 Å². The van der Waals surface area contributed by atoms with Gasteiger partial charge in [0.15, 0.2) is 0 Å². The highest BCUT2D eigenvalue weighted by Crippen LogP contribution is 2.44. The van der Waals surface area contributed by atoms with Gasteiger partial charge in [-0.2, -0.15) is 0 Å². The summed E-state index contributed by atoms with van der Waals surface area (Å²) in [7, 11) is 0. The molecule has 1 amide bonds. The van der Waals surface area contributed by atoms with Crippen molar-refractivity contribution in [1.82, 2.24) is 4.90 Å². The number of rotatable bonds is 4. The first-order valence-corrected chi connectivity index (χ1v) is 7.07. The maximum Gasteiger partial charge on any atom is 0.226 e. The number of nitrogens with two attached hydrogens (primary N) is 1. The summed E-state index contributed by atoms with van der Waals surface area (Å²) in [5, 5.41) is 0. The molecule has 3 nitrogen and oxygen atoms in total. The van der Waals surface area contributed by atoms with Gasteiger partial charge in [-0.15, -0.1) is 0 Å². The van der Waals surface area contributed by atoms with Crippen LogP contribution in [-0.4, -0.2) is 29.9 Å². The third kappa shape index (κ3) is 2.49. The molecule has 0 aliphatic heterocycles. The van der Waals surface area contributed by atoms with Gasteiger partial charge in [-0.1, -0.05) is 20.3 Å². The van der Waals surface area contributed by atoms with E-state index in [-0.39, 0.29) is 11.3 Å². The molecule has 2 rings (SSSR count). The van der Waals surface area contributed by atoms with E-state index >= 15 is 0 Å². The van der Waals surface area contributed by atoms with Crippen LogP contribution in [0.4, 0.5) is 0 Å². The van der Waals surface area contributed by atoms with Crippen LogP contribution in [0, 0.1) is 11.3 Å². The molecule has 17 heavy (non-hydrogen) atoms. The molecule has 0 aromatic carbocycles. The van der Waals surface area contributed by atoms with Crippen LogP contribution in [0.3, 0.4) is 0 Å². The van der Waals surface area contributed by atoms with E-state index in [1.54, 1.807) is 0 Å². The lowest BCUT2D eigenvalue weighted by molar-refractivity contribution is -0.142. The van der Waals surface area contributed by atoms with E-state index in [4.69, 9.17) is 5.73 Å². The van der Waals surface area contributed by atoms with E-state index in [1.165, 1.54) is 32.1 Å². The fourth-order valence-corrected chi connectivity index (χ4v) is 3.29. The quantitative estimate of drug-likeness (QED) is 0.815. The first-order valence-electron chi connectivity index (χ1n) is 7.07. The summed E-state index contributed by atoms with van der Waals surface area (Å²) in [5.41, 5.74) is 5.84. The third-order valence-electron chi connectivity index (χ3n) is 4.72. The van der Waals surface area contributed by atoms with E-state index in [0.29, 0.717) is 18.5 Å². The van der Waals surface area contributed by atoms with Crippen LogP contribution in [0.25, 0.3) is 0 Å². The molecule has 0 heterocycles. The lowest BCUT2D eigenvalue weighted by atomic mass is 9.80. The summed E-state index contributed by atoms with van der Waals surface area (Å²) in [6, 6.07) is 0.488. The molecule has 0 spiro atoms. The average molecular weight is 238 g/mol. The van der Waals surface area contributed by atoms with Gasteiger partial charge in [-0.05, 0) is 37.5 Å². The highest BCUT2D eigenvalue weighted by Gasteiger charge is 2.42. The number of hydrogen-bond donors (Lipinski definition) is 1. The lowest BCUT2D eigenvalue weighted by Crippen LogP contribution is -2.50. The Bertz CT molecular complexity index is 284. The lowest BCUT2D eigenvalue weighted by Gasteiger charge is -2.41. The number of nitrogens with zero attached hydrogens (tertiary/aromatic N) is 1. The molecule has 2 aliphatic carbocycles. The maximum atomic E-state index is 12.7. The molecule has 2 aliphatic rings. The monoisotopic (exact) mass is 238 g/mol. The zero-order chi connectivity index (χ0) is 12.5. The van der Waals surface area contributed by atoms with Gasteiger partial charge in [0, 0.05) is 25.0 Å². The summed E-state index contributed by atoms with van der Waals surface area (Å²) >= 11 is 0. The van der Waals surface area contributed by atoms with E-state index in [2.05, 4.69) is 18.7 Å². The van der Waals surface area contributed by atoms with Gasteiger partial charge >= 0.3 is 0 Å². The number of hydrogen-bond acceptors (Lipinski definition) is 2. The third-order valence-corrected chi connectivity index (χ3v) is 4.72. The van der Waals surface area contributed by atoms with Crippen molar-refractivity contribution in [3.8, 4) is 0 Å². The Kier molecular flexibility index (Phi) is 3.76. The summed E-state index contributed by atoms with van der Waals surface area (Å²) in [6.45, 7) is 5.82. The molecule has 0 bridgehead atoms. The Balaban J connectivity index is 2.04. The van der Waals surface area contributed by atoms with Gasteiger partial charge in [0.05, 0.1) is 0 Å². The van der Waals surface area contributed by atoms with Crippen LogP contribution < -0.4 is 5.73 Å². The molecular weight excluding hydrogens is 212 g/mol. The van der Waals surface area contributed by atoms with Crippen molar-refractivity contribution < 1.29 is 4.79 Å². The van der Waals surface area contributed by atoms with Gasteiger partial charge < -0.3 is 10.6 Å². The molecule has 0 aromatic rings. The Morgan fingerprint density at radius 2 is 2.00 bits per heavy atom. The first-order chi connectivity index (χ1) is 8.06. The molecule has 0 aromatic heterocycles. The summed E-state index contributed by atoms with van der Waals surface area (Å²) in [5.74, 6) is 0.609. The van der Waals surface area contributed by atoms with Gasteiger partial charge in [-0.25, -0.2) is 0 Å². The van der Waals surface area contributed by atoms with Crippen molar-refractivity contribution in [3.63, 3.8) is 0 Å². The molecule has 0 saturated heterocycles. The van der Waals surface area contributed by atoms with Gasteiger partial charge in [0.2, 0.25) is 5.91 Å². The Morgan fingerprint density at radius 1 is 1.29 bits per heavy atom. The molecule has 1 atom stereocenters. The van der Waals surface area contributed by atoms with Crippen LogP contribution in [0.2, 0.25) is 0 Å². The number of carbonyl (C=O) groups excluding carboxylic acids is 1. The zero-order valence-electron chi connectivity index (χ0n) is 11.2.